The van der Waals surface area contributed by atoms with Crippen molar-refractivity contribution in [1.29, 1.82) is 0 Å². The monoisotopic (exact) mass is 434 g/mol. The Morgan fingerprint density at radius 3 is 2.59 bits per heavy atom. The van der Waals surface area contributed by atoms with Gasteiger partial charge >= 0.3 is 11.3 Å². The Morgan fingerprint density at radius 2 is 2.00 bits per heavy atom. The van der Waals surface area contributed by atoms with Crippen molar-refractivity contribution in [3.05, 3.63) is 30.4 Å². The third-order valence-corrected chi connectivity index (χ3v) is 6.11. The number of carbonyl (C=O) groups excluding carboxylic acids is 1. The van der Waals surface area contributed by atoms with E-state index >= 15 is 0 Å². The smallest absolute Gasteiger partial charge is 0.325 e. The van der Waals surface area contributed by atoms with E-state index in [0.717, 1.165) is 10.9 Å². The van der Waals surface area contributed by atoms with Crippen LogP contribution in [0.5, 0.6) is 0 Å². The molecular weight excluding hydrogens is 416 g/mol. The molecule has 13 heteroatoms. The molecule has 1 atom stereocenters. The molecule has 158 valence electrons. The maximum atomic E-state index is 14.8. The average Bonchev–Trinajstić information content (AvgIpc) is 3.10. The highest BCUT2D eigenvalue weighted by atomic mass is 32.2. The molecule has 1 saturated heterocycles. The largest absolute Gasteiger partial charge is 0.328 e. The van der Waals surface area contributed by atoms with Crippen molar-refractivity contribution < 1.29 is 26.6 Å². The molecule has 3 heterocycles. The van der Waals surface area contributed by atoms with Crippen LogP contribution in [-0.4, -0.2) is 53.5 Å². The van der Waals surface area contributed by atoms with Crippen LogP contribution in [0, 0.1) is 5.92 Å². The topological polar surface area (TPSA) is 93.0 Å². The number of hydrogen-bond donors (Lipinski definition) is 1. The molecule has 0 spiro atoms. The Balaban J connectivity index is 1.65. The minimum absolute atomic E-state index is 0.0105. The van der Waals surface area contributed by atoms with Crippen LogP contribution in [0.1, 0.15) is 25.0 Å². The Morgan fingerprint density at radius 1 is 1.31 bits per heavy atom. The quantitative estimate of drug-likeness (QED) is 0.731. The minimum atomic E-state index is -3.73. The number of carbonyl (C=O) groups is 1. The van der Waals surface area contributed by atoms with Crippen LogP contribution in [0.3, 0.4) is 0 Å². The fourth-order valence-corrected chi connectivity index (χ4v) is 4.46. The van der Waals surface area contributed by atoms with Crippen LogP contribution in [0.15, 0.2) is 29.6 Å². The summed E-state index contributed by atoms with van der Waals surface area (Å²) in [5.41, 5.74) is -0.497. The second-order valence-electron chi connectivity index (χ2n) is 6.51. The predicted molar refractivity (Wildman–Crippen MR) is 94.9 cm³/mol. The molecule has 1 unspecified atom stereocenters. The van der Waals surface area contributed by atoms with E-state index in [9.17, 15) is 26.6 Å². The molecule has 0 bridgehead atoms. The first-order chi connectivity index (χ1) is 13.7. The first-order valence-electron chi connectivity index (χ1n) is 8.64. The summed E-state index contributed by atoms with van der Waals surface area (Å²) in [7, 11) is -1.70. The van der Waals surface area contributed by atoms with Gasteiger partial charge in [0.15, 0.2) is 0 Å². The van der Waals surface area contributed by atoms with Gasteiger partial charge in [-0.1, -0.05) is 0 Å². The first-order valence-corrected chi connectivity index (χ1v) is 9.79. The molecule has 8 nitrogen and oxygen atoms in total. The summed E-state index contributed by atoms with van der Waals surface area (Å²) < 4.78 is 69.0. The SMILES string of the molecule is Cn1cc(S(=O)C(F)(F)C2CCN(C(=O)Nc3ccnnc3)CC2)c(C(F)F)n1. The van der Waals surface area contributed by atoms with E-state index in [2.05, 4.69) is 20.6 Å². The van der Waals surface area contributed by atoms with E-state index in [-0.39, 0.29) is 25.9 Å². The molecule has 1 aliphatic rings. The van der Waals surface area contributed by atoms with Crippen molar-refractivity contribution in [3.63, 3.8) is 0 Å². The van der Waals surface area contributed by atoms with E-state index < -0.39 is 45.0 Å². The van der Waals surface area contributed by atoms with E-state index in [1.54, 1.807) is 0 Å². The normalized spacial score (nSPS) is 16.8. The number of aromatic nitrogens is 4. The highest BCUT2D eigenvalue weighted by molar-refractivity contribution is 7.86. The lowest BCUT2D eigenvalue weighted by Crippen LogP contribution is -2.46. The number of amides is 2. The summed E-state index contributed by atoms with van der Waals surface area (Å²) in [6.45, 7) is 0.0209. The molecule has 2 aromatic heterocycles. The second-order valence-corrected chi connectivity index (χ2v) is 8.03. The number of urea groups is 1. The Kier molecular flexibility index (Phi) is 6.15. The molecule has 0 saturated carbocycles. The van der Waals surface area contributed by atoms with Gasteiger partial charge in [-0.25, -0.2) is 17.8 Å². The van der Waals surface area contributed by atoms with Crippen molar-refractivity contribution >= 4 is 22.5 Å². The fraction of sp³-hybridized carbons (Fsp3) is 0.500. The lowest BCUT2D eigenvalue weighted by atomic mass is 9.97. The summed E-state index contributed by atoms with van der Waals surface area (Å²) in [6, 6.07) is 1.05. The van der Waals surface area contributed by atoms with Gasteiger partial charge in [-0.2, -0.15) is 24.1 Å². The molecule has 0 radical (unpaired) electrons. The predicted octanol–water partition coefficient (Wildman–Crippen LogP) is 2.79. The van der Waals surface area contributed by atoms with Gasteiger partial charge in [0.2, 0.25) is 0 Å². The van der Waals surface area contributed by atoms with E-state index in [4.69, 9.17) is 0 Å². The van der Waals surface area contributed by atoms with Gasteiger partial charge in [0.25, 0.3) is 6.43 Å². The average molecular weight is 434 g/mol. The molecule has 0 aliphatic carbocycles. The van der Waals surface area contributed by atoms with Gasteiger partial charge in [0.1, 0.15) is 16.5 Å². The standard InChI is InChI=1S/C16H18F4N6O2S/c1-25-9-12(13(24-25)14(17)18)29(28)16(19,20)10-3-6-26(7-4-10)15(27)23-11-2-5-21-22-8-11/h2,5,8-10,14H,3-4,6-7H2,1H3,(H,21,23,27). The summed E-state index contributed by atoms with van der Waals surface area (Å²) in [5, 5.41) is 9.48. The number of nitrogens with zero attached hydrogens (tertiary/aromatic N) is 5. The molecule has 29 heavy (non-hydrogen) atoms. The number of piperidine rings is 1. The molecule has 2 aromatic rings. The Labute approximate surface area is 165 Å². The number of anilines is 1. The molecule has 3 rings (SSSR count). The fourth-order valence-electron chi connectivity index (χ4n) is 3.06. The van der Waals surface area contributed by atoms with Gasteiger partial charge < -0.3 is 10.2 Å². The van der Waals surface area contributed by atoms with Gasteiger partial charge in [-0.15, -0.1) is 0 Å². The Bertz CT molecular complexity index is 887. The molecular formula is C16H18F4N6O2S. The summed E-state index contributed by atoms with van der Waals surface area (Å²) in [6.07, 6.45) is 0.312. The van der Waals surface area contributed by atoms with Crippen LogP contribution in [-0.2, 0) is 17.8 Å². The summed E-state index contributed by atoms with van der Waals surface area (Å²) >= 11 is 0. The lowest BCUT2D eigenvalue weighted by Gasteiger charge is -2.35. The summed E-state index contributed by atoms with van der Waals surface area (Å²) in [5.74, 6) is -1.32. The van der Waals surface area contributed by atoms with Crippen molar-refractivity contribution in [2.24, 2.45) is 13.0 Å². The first kappa shape index (κ1) is 21.1. The number of halogens is 4. The number of likely N-dealkylation sites (tertiary alicyclic amines) is 1. The molecule has 2 amide bonds. The van der Waals surface area contributed by atoms with Crippen molar-refractivity contribution in [3.8, 4) is 0 Å². The number of nitrogens with one attached hydrogen (secondary N) is 1. The van der Waals surface area contributed by atoms with Crippen LogP contribution in [0.25, 0.3) is 0 Å². The Hall–Kier alpha value is -2.57. The molecule has 1 N–H and O–H groups in total. The lowest BCUT2D eigenvalue weighted by molar-refractivity contribution is 0.00491. The van der Waals surface area contributed by atoms with Crippen molar-refractivity contribution in [2.75, 3.05) is 18.4 Å². The van der Waals surface area contributed by atoms with Crippen LogP contribution >= 0.6 is 0 Å². The van der Waals surface area contributed by atoms with Crippen LogP contribution < -0.4 is 5.32 Å². The number of aryl methyl sites for hydroxylation is 1. The highest BCUT2D eigenvalue weighted by Gasteiger charge is 2.49. The highest BCUT2D eigenvalue weighted by Crippen LogP contribution is 2.40. The zero-order valence-corrected chi connectivity index (χ0v) is 16.1. The maximum Gasteiger partial charge on any atom is 0.328 e. The third kappa shape index (κ3) is 4.54. The minimum Gasteiger partial charge on any atom is -0.325 e. The van der Waals surface area contributed by atoms with E-state index in [1.165, 1.54) is 30.4 Å². The van der Waals surface area contributed by atoms with Gasteiger partial charge in [-0.3, -0.25) is 4.68 Å². The van der Waals surface area contributed by atoms with Crippen LogP contribution in [0.4, 0.5) is 28.0 Å². The molecule has 1 aliphatic heterocycles. The van der Waals surface area contributed by atoms with Crippen molar-refractivity contribution in [1.82, 2.24) is 24.9 Å². The van der Waals surface area contributed by atoms with Gasteiger partial charge in [0.05, 0.1) is 23.0 Å². The second kappa shape index (κ2) is 8.43. The van der Waals surface area contributed by atoms with E-state index in [0.29, 0.717) is 5.69 Å². The summed E-state index contributed by atoms with van der Waals surface area (Å²) in [4.78, 5) is 12.9. The van der Waals surface area contributed by atoms with Crippen LogP contribution in [0.2, 0.25) is 0 Å². The van der Waals surface area contributed by atoms with E-state index in [1.807, 2.05) is 0 Å². The maximum absolute atomic E-state index is 14.8. The zero-order valence-electron chi connectivity index (χ0n) is 15.3. The van der Waals surface area contributed by atoms with Gasteiger partial charge in [0, 0.05) is 32.3 Å². The number of hydrogen-bond acceptors (Lipinski definition) is 5. The van der Waals surface area contributed by atoms with Crippen molar-refractivity contribution in [2.45, 2.75) is 29.4 Å². The molecule has 1 fully saturated rings. The number of rotatable bonds is 5. The zero-order chi connectivity index (χ0) is 21.2. The number of alkyl halides is 4. The van der Waals surface area contributed by atoms with Gasteiger partial charge in [-0.05, 0) is 18.9 Å². The molecule has 0 aromatic carbocycles. The third-order valence-electron chi connectivity index (χ3n) is 4.57.